The molecule has 0 unspecified atom stereocenters. The lowest BCUT2D eigenvalue weighted by Gasteiger charge is -2.36. The van der Waals surface area contributed by atoms with Crippen LogP contribution in [-0.2, 0) is 11.3 Å². The third-order valence-electron chi connectivity index (χ3n) is 4.27. The molecule has 1 heterocycles. The number of nitrogens with zero attached hydrogens (tertiary/aromatic N) is 2. The van der Waals surface area contributed by atoms with E-state index in [1.54, 1.807) is 0 Å². The van der Waals surface area contributed by atoms with E-state index in [0.717, 1.165) is 24.9 Å². The minimum absolute atomic E-state index is 0.0185. The van der Waals surface area contributed by atoms with Crippen LogP contribution in [0, 0.1) is 6.92 Å². The fourth-order valence-electron chi connectivity index (χ4n) is 3.01. The van der Waals surface area contributed by atoms with Crippen LogP contribution in [0.15, 0.2) is 12.4 Å². The van der Waals surface area contributed by atoms with Crippen LogP contribution >= 0.6 is 0 Å². The predicted molar refractivity (Wildman–Crippen MR) is 79.5 cm³/mol. The summed E-state index contributed by atoms with van der Waals surface area (Å²) in [6.45, 7) is 3.38. The van der Waals surface area contributed by atoms with Gasteiger partial charge < -0.3 is 10.6 Å². The Morgan fingerprint density at radius 2 is 2.15 bits per heavy atom. The monoisotopic (exact) mass is 278 g/mol. The topological polar surface area (TPSA) is 59.0 Å². The fraction of sp³-hybridized carbons (Fsp3) is 0.733. The van der Waals surface area contributed by atoms with Gasteiger partial charge in [0, 0.05) is 24.7 Å². The molecule has 1 aliphatic rings. The Balaban J connectivity index is 1.74. The maximum atomic E-state index is 12.1. The van der Waals surface area contributed by atoms with Crippen LogP contribution in [0.1, 0.15) is 44.1 Å². The summed E-state index contributed by atoms with van der Waals surface area (Å²) in [5.41, 5.74) is 1.16. The van der Waals surface area contributed by atoms with Crippen LogP contribution in [0.3, 0.4) is 0 Å². The molecule has 0 aliphatic heterocycles. The summed E-state index contributed by atoms with van der Waals surface area (Å²) in [6, 6.07) is 0. The van der Waals surface area contributed by atoms with E-state index >= 15 is 0 Å². The predicted octanol–water partition coefficient (Wildman–Crippen LogP) is 1.62. The number of amides is 1. The maximum Gasteiger partial charge on any atom is 0.221 e. The lowest BCUT2D eigenvalue weighted by Crippen LogP contribution is -2.48. The molecule has 0 atom stereocenters. The van der Waals surface area contributed by atoms with Crippen molar-refractivity contribution in [2.45, 2.75) is 57.5 Å². The van der Waals surface area contributed by atoms with E-state index in [0.29, 0.717) is 13.0 Å². The maximum absolute atomic E-state index is 12.1. The van der Waals surface area contributed by atoms with E-state index in [-0.39, 0.29) is 11.4 Å². The standard InChI is InChI=1S/C15H26N4O/c1-13-11-18-19(12-13)9-8-17-14(20)10-15(16-2)6-4-3-5-7-15/h11-12,16H,3-10H2,1-2H3,(H,17,20). The number of hydrogen-bond donors (Lipinski definition) is 2. The molecule has 2 rings (SSSR count). The van der Waals surface area contributed by atoms with Crippen molar-refractivity contribution in [1.82, 2.24) is 20.4 Å². The highest BCUT2D eigenvalue weighted by Gasteiger charge is 2.32. The smallest absolute Gasteiger partial charge is 0.221 e. The SMILES string of the molecule is CNC1(CC(=O)NCCn2cc(C)cn2)CCCCC1. The number of carbonyl (C=O) groups is 1. The molecule has 0 saturated heterocycles. The second-order valence-electron chi connectivity index (χ2n) is 5.90. The summed E-state index contributed by atoms with van der Waals surface area (Å²) < 4.78 is 1.87. The minimum Gasteiger partial charge on any atom is -0.354 e. The first-order valence-electron chi connectivity index (χ1n) is 7.58. The third kappa shape index (κ3) is 4.07. The summed E-state index contributed by atoms with van der Waals surface area (Å²) in [4.78, 5) is 12.1. The van der Waals surface area contributed by atoms with Gasteiger partial charge in [0.05, 0.1) is 12.7 Å². The zero-order valence-electron chi connectivity index (χ0n) is 12.6. The first kappa shape index (κ1) is 15.0. The van der Waals surface area contributed by atoms with Gasteiger partial charge in [-0.1, -0.05) is 19.3 Å². The van der Waals surface area contributed by atoms with E-state index in [1.165, 1.54) is 19.3 Å². The highest BCUT2D eigenvalue weighted by molar-refractivity contribution is 5.77. The number of aryl methyl sites for hydroxylation is 1. The molecule has 5 heteroatoms. The van der Waals surface area contributed by atoms with Gasteiger partial charge in [-0.15, -0.1) is 0 Å². The van der Waals surface area contributed by atoms with Gasteiger partial charge in [0.15, 0.2) is 0 Å². The van der Waals surface area contributed by atoms with Gasteiger partial charge in [-0.2, -0.15) is 5.10 Å². The Hall–Kier alpha value is -1.36. The van der Waals surface area contributed by atoms with Gasteiger partial charge in [-0.25, -0.2) is 0 Å². The molecule has 112 valence electrons. The van der Waals surface area contributed by atoms with Gasteiger partial charge in [-0.05, 0) is 32.4 Å². The second kappa shape index (κ2) is 6.88. The third-order valence-corrected chi connectivity index (χ3v) is 4.27. The molecule has 20 heavy (non-hydrogen) atoms. The fourth-order valence-corrected chi connectivity index (χ4v) is 3.01. The van der Waals surface area contributed by atoms with Crippen LogP contribution in [0.2, 0.25) is 0 Å². The molecule has 0 spiro atoms. The minimum atomic E-state index is 0.0185. The molecule has 1 amide bonds. The zero-order valence-corrected chi connectivity index (χ0v) is 12.6. The summed E-state index contributed by atoms with van der Waals surface area (Å²) >= 11 is 0. The molecule has 1 aromatic heterocycles. The molecule has 1 saturated carbocycles. The molecule has 0 aromatic carbocycles. The van der Waals surface area contributed by atoms with Crippen molar-refractivity contribution in [2.75, 3.05) is 13.6 Å². The van der Waals surface area contributed by atoms with Crippen LogP contribution in [0.5, 0.6) is 0 Å². The molecular formula is C15H26N4O. The van der Waals surface area contributed by atoms with Crippen molar-refractivity contribution in [3.63, 3.8) is 0 Å². The molecule has 1 fully saturated rings. The molecule has 1 aliphatic carbocycles. The average molecular weight is 278 g/mol. The first-order valence-corrected chi connectivity index (χ1v) is 7.58. The molecule has 5 nitrogen and oxygen atoms in total. The molecule has 0 radical (unpaired) electrons. The average Bonchev–Trinajstić information content (AvgIpc) is 2.85. The Morgan fingerprint density at radius 1 is 1.40 bits per heavy atom. The highest BCUT2D eigenvalue weighted by Crippen LogP contribution is 2.30. The number of aromatic nitrogens is 2. The second-order valence-corrected chi connectivity index (χ2v) is 5.90. The number of carbonyl (C=O) groups excluding carboxylic acids is 1. The van der Waals surface area contributed by atoms with E-state index in [4.69, 9.17) is 0 Å². The van der Waals surface area contributed by atoms with Crippen LogP contribution in [0.4, 0.5) is 0 Å². The molecule has 1 aromatic rings. The summed E-state index contributed by atoms with van der Waals surface area (Å²) in [5, 5.41) is 10.6. The van der Waals surface area contributed by atoms with E-state index in [2.05, 4.69) is 15.7 Å². The summed E-state index contributed by atoms with van der Waals surface area (Å²) in [6.07, 6.45) is 10.4. The van der Waals surface area contributed by atoms with Gasteiger partial charge in [-0.3, -0.25) is 9.48 Å². The number of nitrogens with one attached hydrogen (secondary N) is 2. The highest BCUT2D eigenvalue weighted by atomic mass is 16.1. The Kier molecular flexibility index (Phi) is 5.17. The van der Waals surface area contributed by atoms with E-state index < -0.39 is 0 Å². The lowest BCUT2D eigenvalue weighted by molar-refractivity contribution is -0.122. The molecule has 0 bridgehead atoms. The Morgan fingerprint density at radius 3 is 2.75 bits per heavy atom. The van der Waals surface area contributed by atoms with Crippen molar-refractivity contribution >= 4 is 5.91 Å². The Labute approximate surface area is 121 Å². The molecule has 2 N–H and O–H groups in total. The lowest BCUT2D eigenvalue weighted by atomic mass is 9.79. The van der Waals surface area contributed by atoms with Crippen molar-refractivity contribution in [2.24, 2.45) is 0 Å². The van der Waals surface area contributed by atoms with Gasteiger partial charge in [0.1, 0.15) is 0 Å². The van der Waals surface area contributed by atoms with Crippen molar-refractivity contribution < 1.29 is 4.79 Å². The van der Waals surface area contributed by atoms with E-state index in [1.807, 2.05) is 31.0 Å². The number of rotatable bonds is 6. The van der Waals surface area contributed by atoms with Gasteiger partial charge in [0.2, 0.25) is 5.91 Å². The largest absolute Gasteiger partial charge is 0.354 e. The summed E-state index contributed by atoms with van der Waals surface area (Å²) in [5.74, 6) is 0.144. The van der Waals surface area contributed by atoms with Crippen LogP contribution < -0.4 is 10.6 Å². The van der Waals surface area contributed by atoms with Crippen LogP contribution in [-0.4, -0.2) is 34.8 Å². The zero-order chi connectivity index (χ0) is 14.4. The summed E-state index contributed by atoms with van der Waals surface area (Å²) in [7, 11) is 1.98. The van der Waals surface area contributed by atoms with Crippen molar-refractivity contribution in [3.8, 4) is 0 Å². The quantitative estimate of drug-likeness (QED) is 0.831. The number of hydrogen-bond acceptors (Lipinski definition) is 3. The normalized spacial score (nSPS) is 17.9. The van der Waals surface area contributed by atoms with Crippen molar-refractivity contribution in [1.29, 1.82) is 0 Å². The first-order chi connectivity index (χ1) is 9.63. The van der Waals surface area contributed by atoms with E-state index in [9.17, 15) is 4.79 Å². The van der Waals surface area contributed by atoms with Crippen molar-refractivity contribution in [3.05, 3.63) is 18.0 Å². The Bertz CT molecular complexity index is 435. The van der Waals surface area contributed by atoms with Gasteiger partial charge >= 0.3 is 0 Å². The van der Waals surface area contributed by atoms with Gasteiger partial charge in [0.25, 0.3) is 0 Å². The van der Waals surface area contributed by atoms with Crippen LogP contribution in [0.25, 0.3) is 0 Å². The molecular weight excluding hydrogens is 252 g/mol.